The second-order valence-corrected chi connectivity index (χ2v) is 15.2. The molecule has 60 heavy (non-hydrogen) atoms. The predicted molar refractivity (Wildman–Crippen MR) is 247 cm³/mol. The third-order valence-corrected chi connectivity index (χ3v) is 11.5. The molecule has 12 rings (SSSR count). The van der Waals surface area contributed by atoms with E-state index in [4.69, 9.17) is 19.9 Å². The van der Waals surface area contributed by atoms with E-state index in [1.807, 2.05) is 24.3 Å². The first-order chi connectivity index (χ1) is 29.7. The minimum absolute atomic E-state index is 0.734. The van der Waals surface area contributed by atoms with Crippen LogP contribution in [0.5, 0.6) is 0 Å². The van der Waals surface area contributed by atoms with Crippen LogP contribution in [0.4, 0.5) is 0 Å². The van der Waals surface area contributed by atoms with Crippen LogP contribution < -0.4 is 0 Å². The fourth-order valence-corrected chi connectivity index (χ4v) is 8.79. The second-order valence-electron chi connectivity index (χ2n) is 15.2. The molecule has 0 saturated carbocycles. The van der Waals surface area contributed by atoms with Gasteiger partial charge in [0, 0.05) is 44.3 Å². The number of benzene rings is 6. The molecule has 4 aromatic heterocycles. The average Bonchev–Trinajstić information content (AvgIpc) is 4.14. The first-order valence-electron chi connectivity index (χ1n) is 20.1. The summed E-state index contributed by atoms with van der Waals surface area (Å²) in [5.74, 6) is 0. The van der Waals surface area contributed by atoms with Crippen LogP contribution in [0.2, 0.25) is 0 Å². The lowest BCUT2D eigenvalue weighted by molar-refractivity contribution is 1.32. The highest BCUT2D eigenvalue weighted by atomic mass is 14.9. The molecule has 2 aliphatic rings. The van der Waals surface area contributed by atoms with Crippen molar-refractivity contribution in [1.82, 2.24) is 29.9 Å². The summed E-state index contributed by atoms with van der Waals surface area (Å²) in [5, 5.41) is 2.22. The molecule has 6 aromatic carbocycles. The molecule has 6 heterocycles. The van der Waals surface area contributed by atoms with Crippen LogP contribution >= 0.6 is 0 Å². The van der Waals surface area contributed by atoms with Crippen LogP contribution in [0.25, 0.3) is 123 Å². The van der Waals surface area contributed by atoms with Crippen LogP contribution in [0.3, 0.4) is 0 Å². The molecule has 0 unspecified atom stereocenters. The summed E-state index contributed by atoms with van der Waals surface area (Å²) < 4.78 is 0. The molecule has 0 aliphatic carbocycles. The Hall–Kier alpha value is -8.22. The highest BCUT2D eigenvalue weighted by Crippen LogP contribution is 2.46. The molecule has 0 fully saturated rings. The van der Waals surface area contributed by atoms with Gasteiger partial charge in [0.25, 0.3) is 0 Å². The van der Waals surface area contributed by atoms with Crippen molar-refractivity contribution in [2.24, 2.45) is 0 Å². The summed E-state index contributed by atoms with van der Waals surface area (Å²) in [7, 11) is 0. The van der Waals surface area contributed by atoms with Crippen LogP contribution in [0.1, 0.15) is 11.4 Å². The predicted octanol–water partition coefficient (Wildman–Crippen LogP) is 13.6. The van der Waals surface area contributed by atoms with E-state index in [9.17, 15) is 0 Å². The Morgan fingerprint density at radius 1 is 0.283 bits per heavy atom. The van der Waals surface area contributed by atoms with Crippen molar-refractivity contribution >= 4 is 56.0 Å². The first kappa shape index (κ1) is 33.9. The van der Waals surface area contributed by atoms with E-state index in [1.165, 1.54) is 0 Å². The third-order valence-electron chi connectivity index (χ3n) is 11.5. The number of fused-ring (bicyclic) bond motifs is 13. The second kappa shape index (κ2) is 13.7. The molecule has 0 saturated heterocycles. The zero-order chi connectivity index (χ0) is 39.6. The SMILES string of the molecule is C1=Cc2nc1c(-c1ccccc1)c1ccc([nH]1)c(-c1ccccc1)c1nc(c(-c3ccccc3)c3ccc([nH]3)c2-c2ccccc2)-c2nc3cc4ccccc4cc3nc2-1. The Bertz CT molecular complexity index is 3290. The molecular formula is C54H34N6. The quantitative estimate of drug-likeness (QED) is 0.175. The van der Waals surface area contributed by atoms with E-state index in [1.54, 1.807) is 0 Å². The number of rotatable bonds is 4. The Balaban J connectivity index is 1.32. The van der Waals surface area contributed by atoms with Crippen molar-refractivity contribution in [3.8, 4) is 67.3 Å². The first-order valence-corrected chi connectivity index (χ1v) is 20.1. The smallest absolute Gasteiger partial charge is 0.118 e. The maximum atomic E-state index is 5.70. The normalized spacial score (nSPS) is 11.9. The van der Waals surface area contributed by atoms with Crippen LogP contribution in [0, 0.1) is 0 Å². The molecule has 6 nitrogen and oxygen atoms in total. The molecule has 0 radical (unpaired) electrons. The van der Waals surface area contributed by atoms with Gasteiger partial charge >= 0.3 is 0 Å². The fourth-order valence-electron chi connectivity index (χ4n) is 8.79. The van der Waals surface area contributed by atoms with Crippen LogP contribution in [-0.2, 0) is 0 Å². The molecule has 0 spiro atoms. The Morgan fingerprint density at radius 2 is 0.617 bits per heavy atom. The standard InChI is InChI=1S/C54H34N6/c1-5-15-33(16-6-1)47-39-25-26-40(55-39)48(34-17-7-2-8-18-34)42-28-30-44(57-42)50(36-21-11-4-12-22-36)52-54-53(58-45-31-37-23-13-14-24-38(37)32-46(45)59-54)51(60-52)49(35-19-9-3-10-20-35)43-29-27-41(47)56-43/h1-32,56-57H. The highest BCUT2D eigenvalue weighted by Gasteiger charge is 2.29. The van der Waals surface area contributed by atoms with Gasteiger partial charge in [-0.25, -0.2) is 19.9 Å². The Labute approximate surface area is 345 Å². The molecule has 2 aliphatic heterocycles. The van der Waals surface area contributed by atoms with Gasteiger partial charge < -0.3 is 9.97 Å². The van der Waals surface area contributed by atoms with Crippen molar-refractivity contribution in [2.75, 3.05) is 0 Å². The van der Waals surface area contributed by atoms with E-state index >= 15 is 0 Å². The summed E-state index contributed by atoms with van der Waals surface area (Å²) in [5.41, 5.74) is 18.1. The number of nitrogens with zero attached hydrogens (tertiary/aromatic N) is 4. The zero-order valence-corrected chi connectivity index (χ0v) is 32.3. The largest absolute Gasteiger partial charge is 0.354 e. The van der Waals surface area contributed by atoms with Gasteiger partial charge in [-0.2, -0.15) is 0 Å². The van der Waals surface area contributed by atoms with E-state index < -0.39 is 0 Å². The molecule has 8 bridgehead atoms. The maximum Gasteiger partial charge on any atom is 0.118 e. The number of hydrogen-bond donors (Lipinski definition) is 2. The summed E-state index contributed by atoms with van der Waals surface area (Å²) in [6, 6.07) is 63.2. The lowest BCUT2D eigenvalue weighted by Gasteiger charge is -2.09. The summed E-state index contributed by atoms with van der Waals surface area (Å²) in [6.07, 6.45) is 4.27. The van der Waals surface area contributed by atoms with E-state index in [0.717, 1.165) is 123 Å². The lowest BCUT2D eigenvalue weighted by atomic mass is 10.00. The molecule has 6 heteroatoms. The van der Waals surface area contributed by atoms with Gasteiger partial charge in [-0.15, -0.1) is 0 Å². The van der Waals surface area contributed by atoms with Gasteiger partial charge in [-0.05, 0) is 81.6 Å². The fraction of sp³-hybridized carbons (Fsp3) is 0. The highest BCUT2D eigenvalue weighted by molar-refractivity contribution is 6.05. The summed E-state index contributed by atoms with van der Waals surface area (Å²) in [6.45, 7) is 0. The zero-order valence-electron chi connectivity index (χ0n) is 32.3. The lowest BCUT2D eigenvalue weighted by Crippen LogP contribution is -1.93. The van der Waals surface area contributed by atoms with Gasteiger partial charge in [0.2, 0.25) is 0 Å². The number of aromatic amines is 2. The number of aromatic nitrogens is 6. The third kappa shape index (κ3) is 5.57. The average molecular weight is 767 g/mol. The number of H-pyrrole nitrogens is 2. The monoisotopic (exact) mass is 766 g/mol. The molecular weight excluding hydrogens is 733 g/mol. The Morgan fingerprint density at radius 3 is 1.00 bits per heavy atom. The van der Waals surface area contributed by atoms with Crippen molar-refractivity contribution in [3.05, 3.63) is 193 Å². The van der Waals surface area contributed by atoms with Crippen LogP contribution in [0.15, 0.2) is 182 Å². The van der Waals surface area contributed by atoms with Gasteiger partial charge in [-0.3, -0.25) is 0 Å². The van der Waals surface area contributed by atoms with Gasteiger partial charge in [0.1, 0.15) is 22.8 Å². The maximum absolute atomic E-state index is 5.70. The van der Waals surface area contributed by atoms with E-state index in [2.05, 4.69) is 180 Å². The van der Waals surface area contributed by atoms with Crippen molar-refractivity contribution in [2.45, 2.75) is 0 Å². The van der Waals surface area contributed by atoms with E-state index in [-0.39, 0.29) is 0 Å². The minimum Gasteiger partial charge on any atom is -0.354 e. The number of nitrogens with one attached hydrogen (secondary N) is 2. The molecule has 0 amide bonds. The Kier molecular flexibility index (Phi) is 7.74. The molecule has 2 N–H and O–H groups in total. The number of hydrogen-bond acceptors (Lipinski definition) is 4. The topological polar surface area (TPSA) is 83.1 Å². The summed E-state index contributed by atoms with van der Waals surface area (Å²) in [4.78, 5) is 29.9. The van der Waals surface area contributed by atoms with Crippen LogP contribution in [-0.4, -0.2) is 29.9 Å². The van der Waals surface area contributed by atoms with Crippen molar-refractivity contribution in [3.63, 3.8) is 0 Å². The molecule has 0 atom stereocenters. The van der Waals surface area contributed by atoms with Gasteiger partial charge in [-0.1, -0.05) is 146 Å². The van der Waals surface area contributed by atoms with Gasteiger partial charge in [0.15, 0.2) is 0 Å². The molecule has 10 aromatic rings. The molecule has 280 valence electrons. The van der Waals surface area contributed by atoms with E-state index in [0.29, 0.717) is 0 Å². The minimum atomic E-state index is 0.734. The van der Waals surface area contributed by atoms with Crippen molar-refractivity contribution < 1.29 is 0 Å². The van der Waals surface area contributed by atoms with Crippen molar-refractivity contribution in [1.29, 1.82) is 0 Å². The van der Waals surface area contributed by atoms with Gasteiger partial charge in [0.05, 0.1) is 22.4 Å². The summed E-state index contributed by atoms with van der Waals surface area (Å²) >= 11 is 0.